The number of carbonyl (C=O) groups is 4. The predicted octanol–water partition coefficient (Wildman–Crippen LogP) is 0.0500. The first-order valence-electron chi connectivity index (χ1n) is 10.1. The molecule has 0 aromatic carbocycles. The van der Waals surface area contributed by atoms with E-state index in [1.807, 2.05) is 0 Å². The normalized spacial score (nSPS) is 19.5. The highest BCUT2D eigenvalue weighted by Gasteiger charge is 2.54. The Morgan fingerprint density at radius 2 is 2.06 bits per heavy atom. The molecule has 0 spiro atoms. The summed E-state index contributed by atoms with van der Waals surface area (Å²) >= 11 is 2.45. The maximum atomic E-state index is 13.0. The first kappa shape index (κ1) is 26.2. The maximum absolute atomic E-state index is 13.0. The van der Waals surface area contributed by atoms with Gasteiger partial charge in [0.2, 0.25) is 6.79 Å². The zero-order valence-corrected chi connectivity index (χ0v) is 20.6. The van der Waals surface area contributed by atoms with Crippen molar-refractivity contribution < 1.29 is 43.0 Å². The van der Waals surface area contributed by atoms with Gasteiger partial charge in [0, 0.05) is 18.2 Å². The third kappa shape index (κ3) is 5.83. The molecule has 0 aliphatic carbocycles. The van der Waals surface area contributed by atoms with Crippen molar-refractivity contribution in [2.45, 2.75) is 18.3 Å². The number of fused-ring (bicyclic) bond motifs is 1. The van der Waals surface area contributed by atoms with Gasteiger partial charge in [0.05, 0.1) is 13.2 Å². The molecular weight excluding hydrogens is 506 g/mol. The molecule has 2 aliphatic rings. The quantitative estimate of drug-likeness (QED) is 0.137. The smallest absolute Gasteiger partial charge is 0.435 e. The van der Waals surface area contributed by atoms with Gasteiger partial charge in [-0.2, -0.15) is 0 Å². The number of esters is 1. The number of nitrogen functional groups attached to an aromatic ring is 1. The molecule has 2 amide bonds. The van der Waals surface area contributed by atoms with E-state index in [-0.39, 0.29) is 35.4 Å². The molecule has 0 saturated carbocycles. The van der Waals surface area contributed by atoms with Gasteiger partial charge in [-0.1, -0.05) is 5.16 Å². The molecule has 1 fully saturated rings. The summed E-state index contributed by atoms with van der Waals surface area (Å²) < 4.78 is 19.4. The maximum Gasteiger partial charge on any atom is 0.511 e. The number of methoxy groups -OCH3 is 1. The lowest BCUT2D eigenvalue weighted by molar-refractivity contribution is -0.157. The molecule has 0 bridgehead atoms. The van der Waals surface area contributed by atoms with Crippen molar-refractivity contribution >= 4 is 57.9 Å². The van der Waals surface area contributed by atoms with Crippen molar-refractivity contribution in [2.24, 2.45) is 5.16 Å². The number of ether oxygens (including phenoxy) is 4. The van der Waals surface area contributed by atoms with Gasteiger partial charge in [-0.05, 0) is 12.5 Å². The van der Waals surface area contributed by atoms with Crippen LogP contribution in [0.25, 0.3) is 0 Å². The number of nitrogens with zero attached hydrogens (tertiary/aromatic N) is 3. The minimum absolute atomic E-state index is 0.0309. The van der Waals surface area contributed by atoms with Crippen LogP contribution >= 0.6 is 23.1 Å². The number of anilines is 1. The number of thioether (sulfide) groups is 1. The summed E-state index contributed by atoms with van der Waals surface area (Å²) in [6.07, 6.45) is -0.998. The molecular formula is C19H23N5O9S2. The van der Waals surface area contributed by atoms with Crippen molar-refractivity contribution in [1.82, 2.24) is 15.2 Å². The zero-order valence-electron chi connectivity index (χ0n) is 19.0. The molecule has 0 radical (unpaired) electrons. The number of nitrogens with one attached hydrogen (secondary N) is 1. The second-order valence-corrected chi connectivity index (χ2v) is 8.81. The Balaban J connectivity index is 1.72. The van der Waals surface area contributed by atoms with Gasteiger partial charge in [-0.15, -0.1) is 23.1 Å². The molecule has 16 heteroatoms. The lowest BCUT2D eigenvalue weighted by atomic mass is 10.0. The van der Waals surface area contributed by atoms with E-state index in [9.17, 15) is 19.2 Å². The number of thiazole rings is 1. The van der Waals surface area contributed by atoms with Crippen LogP contribution in [0.1, 0.15) is 12.6 Å². The molecule has 2 aliphatic heterocycles. The molecule has 3 heterocycles. The lowest BCUT2D eigenvalue weighted by Gasteiger charge is -2.49. The number of oxime groups is 1. The monoisotopic (exact) mass is 529 g/mol. The summed E-state index contributed by atoms with van der Waals surface area (Å²) in [6.45, 7) is 1.06. The fraction of sp³-hybridized carbons (Fsp3) is 0.474. The molecule has 1 aromatic rings. The first-order chi connectivity index (χ1) is 16.8. The Labute approximate surface area is 207 Å². The Hall–Kier alpha value is -3.37. The fourth-order valence-electron chi connectivity index (χ4n) is 3.22. The molecule has 1 aromatic heterocycles. The summed E-state index contributed by atoms with van der Waals surface area (Å²) in [5.74, 6) is -1.80. The molecule has 2 atom stereocenters. The first-order valence-corrected chi connectivity index (χ1v) is 12.0. The highest BCUT2D eigenvalue weighted by atomic mass is 32.2. The SMILES string of the molecule is CCOC(=O)OCOC(=O)C1=C(COC)CS[C@@H]2C(NC(=O)C(=NOC)c3csc(N)n3)C(=O)N12. The number of aromatic nitrogens is 1. The topological polar surface area (TPSA) is 181 Å². The second-order valence-electron chi connectivity index (χ2n) is 6.82. The van der Waals surface area contributed by atoms with Gasteiger partial charge in [0.15, 0.2) is 10.8 Å². The van der Waals surface area contributed by atoms with Crippen LogP contribution in [0.4, 0.5) is 9.93 Å². The summed E-state index contributed by atoms with van der Waals surface area (Å²) in [4.78, 5) is 59.9. The third-order valence-electron chi connectivity index (χ3n) is 4.64. The van der Waals surface area contributed by atoms with E-state index in [4.69, 9.17) is 20.0 Å². The molecule has 1 saturated heterocycles. The van der Waals surface area contributed by atoms with E-state index in [2.05, 4.69) is 24.9 Å². The van der Waals surface area contributed by atoms with E-state index in [0.29, 0.717) is 11.3 Å². The van der Waals surface area contributed by atoms with Gasteiger partial charge in [0.25, 0.3) is 11.8 Å². The van der Waals surface area contributed by atoms with Crippen LogP contribution in [-0.4, -0.2) is 90.9 Å². The Morgan fingerprint density at radius 3 is 2.69 bits per heavy atom. The number of nitrogens with two attached hydrogens (primary N) is 1. The van der Waals surface area contributed by atoms with Crippen molar-refractivity contribution in [1.29, 1.82) is 0 Å². The van der Waals surface area contributed by atoms with Crippen molar-refractivity contribution in [3.8, 4) is 0 Å². The van der Waals surface area contributed by atoms with E-state index >= 15 is 0 Å². The number of hydrogen-bond acceptors (Lipinski definition) is 14. The Kier molecular flexibility index (Phi) is 8.89. The van der Waals surface area contributed by atoms with Gasteiger partial charge < -0.3 is 34.8 Å². The average Bonchev–Trinajstić information content (AvgIpc) is 3.26. The van der Waals surface area contributed by atoms with Crippen molar-refractivity contribution in [2.75, 3.05) is 45.7 Å². The Morgan fingerprint density at radius 1 is 1.29 bits per heavy atom. The minimum Gasteiger partial charge on any atom is -0.435 e. The van der Waals surface area contributed by atoms with Crippen LogP contribution < -0.4 is 11.1 Å². The summed E-state index contributed by atoms with van der Waals surface area (Å²) in [5.41, 5.74) is 6.15. The van der Waals surface area contributed by atoms with Crippen LogP contribution in [0.5, 0.6) is 0 Å². The van der Waals surface area contributed by atoms with Gasteiger partial charge in [-0.3, -0.25) is 14.5 Å². The van der Waals surface area contributed by atoms with Crippen molar-refractivity contribution in [3.05, 3.63) is 22.3 Å². The summed E-state index contributed by atoms with van der Waals surface area (Å²) in [6, 6.07) is -0.951. The minimum atomic E-state index is -0.998. The summed E-state index contributed by atoms with van der Waals surface area (Å²) in [5, 5.41) is 7.48. The molecule has 190 valence electrons. The highest BCUT2D eigenvalue weighted by molar-refractivity contribution is 8.00. The van der Waals surface area contributed by atoms with E-state index in [1.54, 1.807) is 6.92 Å². The van der Waals surface area contributed by atoms with E-state index in [0.717, 1.165) is 11.3 Å². The van der Waals surface area contributed by atoms with E-state index in [1.165, 1.54) is 36.3 Å². The van der Waals surface area contributed by atoms with Crippen LogP contribution in [0.3, 0.4) is 0 Å². The fourth-order valence-corrected chi connectivity index (χ4v) is 5.09. The number of hydrogen-bond donors (Lipinski definition) is 2. The van der Waals surface area contributed by atoms with E-state index < -0.39 is 42.1 Å². The second kappa shape index (κ2) is 11.9. The van der Waals surface area contributed by atoms with Crippen LogP contribution in [-0.2, 0) is 38.2 Å². The van der Waals surface area contributed by atoms with Crippen LogP contribution in [0.2, 0.25) is 0 Å². The van der Waals surface area contributed by atoms with Crippen LogP contribution in [0, 0.1) is 0 Å². The number of carbonyl (C=O) groups excluding carboxylic acids is 4. The lowest BCUT2D eigenvalue weighted by Crippen LogP contribution is -2.71. The molecule has 35 heavy (non-hydrogen) atoms. The zero-order chi connectivity index (χ0) is 25.5. The molecule has 3 rings (SSSR count). The molecule has 1 unspecified atom stereocenters. The van der Waals surface area contributed by atoms with Gasteiger partial charge >= 0.3 is 12.1 Å². The number of rotatable bonds is 10. The predicted molar refractivity (Wildman–Crippen MR) is 123 cm³/mol. The standard InChI is InChI=1S/C19H23N5O9S2/c1-4-31-19(28)33-8-32-17(27)13-9(5-29-2)6-34-16-12(15(26)24(13)16)22-14(25)11(23-30-3)10-7-35-18(20)21-10/h7,12,16H,4-6,8H2,1-3H3,(H2,20,21)(H,22,25)/t12?,16-/m1/s1. The largest absolute Gasteiger partial charge is 0.511 e. The Bertz CT molecular complexity index is 1060. The number of amides is 2. The van der Waals surface area contributed by atoms with Gasteiger partial charge in [-0.25, -0.2) is 14.6 Å². The molecule has 14 nitrogen and oxygen atoms in total. The van der Waals surface area contributed by atoms with Crippen LogP contribution in [0.15, 0.2) is 21.8 Å². The molecule has 3 N–H and O–H groups in total. The highest BCUT2D eigenvalue weighted by Crippen LogP contribution is 2.40. The van der Waals surface area contributed by atoms with Gasteiger partial charge in [0.1, 0.15) is 29.9 Å². The van der Waals surface area contributed by atoms with Crippen molar-refractivity contribution in [3.63, 3.8) is 0 Å². The third-order valence-corrected chi connectivity index (χ3v) is 6.65. The summed E-state index contributed by atoms with van der Waals surface area (Å²) in [7, 11) is 2.71. The number of β-lactam (4-membered cyclic amide) rings is 1. The average molecular weight is 530 g/mol.